The van der Waals surface area contributed by atoms with Crippen LogP contribution in [0.15, 0.2) is 30.6 Å². The number of nitrogens with zero attached hydrogens (tertiary/aromatic N) is 3. The van der Waals surface area contributed by atoms with E-state index in [1.54, 1.807) is 0 Å². The predicted octanol–water partition coefficient (Wildman–Crippen LogP) is 2.40. The van der Waals surface area contributed by atoms with E-state index < -0.39 is 0 Å². The van der Waals surface area contributed by atoms with Crippen molar-refractivity contribution in [3.05, 3.63) is 41.7 Å². The topological polar surface area (TPSA) is 64.3 Å². The lowest BCUT2D eigenvalue weighted by molar-refractivity contribution is 0.323. The zero-order valence-corrected chi connectivity index (χ0v) is 12.1. The molecule has 5 heteroatoms. The van der Waals surface area contributed by atoms with Gasteiger partial charge in [0.25, 0.3) is 0 Å². The highest BCUT2D eigenvalue weighted by molar-refractivity contribution is 5.50. The van der Waals surface area contributed by atoms with Crippen molar-refractivity contribution in [2.24, 2.45) is 0 Å². The van der Waals surface area contributed by atoms with Gasteiger partial charge in [0.1, 0.15) is 12.1 Å². The highest BCUT2D eigenvalue weighted by atomic mass is 16.5. The molecule has 1 aromatic heterocycles. The molecule has 0 spiro atoms. The largest absolute Gasteiger partial charge is 0.478 e. The molecule has 0 atom stereocenters. The van der Waals surface area contributed by atoms with Gasteiger partial charge in [0.05, 0.1) is 12.2 Å². The van der Waals surface area contributed by atoms with Crippen LogP contribution in [0.2, 0.25) is 0 Å². The van der Waals surface area contributed by atoms with Crippen LogP contribution in [-0.2, 0) is 6.54 Å². The van der Waals surface area contributed by atoms with Crippen LogP contribution >= 0.6 is 0 Å². The molecule has 2 rings (SSSR count). The van der Waals surface area contributed by atoms with E-state index in [-0.39, 0.29) is 0 Å². The first-order chi connectivity index (χ1) is 9.61. The standard InChI is InChI=1S/C15H20N4O/c1-4-20-15-11(2)14(17-10-18-15)19(3)9-12-6-5-7-13(16)8-12/h5-8,10H,4,9,16H2,1-3H3. The molecule has 0 unspecified atom stereocenters. The molecule has 2 aromatic rings. The number of nitrogen functional groups attached to an aromatic ring is 1. The normalized spacial score (nSPS) is 10.3. The van der Waals surface area contributed by atoms with Crippen LogP contribution in [0, 0.1) is 6.92 Å². The molecule has 0 saturated carbocycles. The van der Waals surface area contributed by atoms with E-state index in [0.29, 0.717) is 12.5 Å². The van der Waals surface area contributed by atoms with Crippen molar-refractivity contribution in [1.29, 1.82) is 0 Å². The average Bonchev–Trinajstić information content (AvgIpc) is 2.41. The fraction of sp³-hybridized carbons (Fsp3) is 0.333. The van der Waals surface area contributed by atoms with Crippen LogP contribution in [0.3, 0.4) is 0 Å². The second kappa shape index (κ2) is 6.23. The van der Waals surface area contributed by atoms with E-state index in [4.69, 9.17) is 10.5 Å². The van der Waals surface area contributed by atoms with E-state index in [9.17, 15) is 0 Å². The Kier molecular flexibility index (Phi) is 4.40. The van der Waals surface area contributed by atoms with Crippen LogP contribution in [0.25, 0.3) is 0 Å². The number of benzene rings is 1. The summed E-state index contributed by atoms with van der Waals surface area (Å²) in [4.78, 5) is 10.6. The molecule has 2 N–H and O–H groups in total. The Hall–Kier alpha value is -2.30. The molecule has 20 heavy (non-hydrogen) atoms. The quantitative estimate of drug-likeness (QED) is 0.847. The van der Waals surface area contributed by atoms with Crippen molar-refractivity contribution in [1.82, 2.24) is 9.97 Å². The van der Waals surface area contributed by atoms with Crippen LogP contribution in [0.1, 0.15) is 18.1 Å². The molecule has 0 aliphatic rings. The fourth-order valence-electron chi connectivity index (χ4n) is 2.13. The van der Waals surface area contributed by atoms with E-state index in [2.05, 4.69) is 14.9 Å². The second-order valence-corrected chi connectivity index (χ2v) is 4.66. The average molecular weight is 272 g/mol. The molecule has 5 nitrogen and oxygen atoms in total. The summed E-state index contributed by atoms with van der Waals surface area (Å²) >= 11 is 0. The zero-order chi connectivity index (χ0) is 14.5. The Labute approximate surface area is 119 Å². The Bertz CT molecular complexity index is 586. The first-order valence-corrected chi connectivity index (χ1v) is 6.61. The predicted molar refractivity (Wildman–Crippen MR) is 80.9 cm³/mol. The number of ether oxygens (including phenoxy) is 1. The van der Waals surface area contributed by atoms with Crippen LogP contribution < -0.4 is 15.4 Å². The summed E-state index contributed by atoms with van der Waals surface area (Å²) in [6, 6.07) is 7.85. The summed E-state index contributed by atoms with van der Waals surface area (Å²) in [6.07, 6.45) is 1.53. The lowest BCUT2D eigenvalue weighted by Crippen LogP contribution is -2.19. The number of hydrogen-bond acceptors (Lipinski definition) is 5. The summed E-state index contributed by atoms with van der Waals surface area (Å²) < 4.78 is 5.50. The Morgan fingerprint density at radius 2 is 2.10 bits per heavy atom. The van der Waals surface area contributed by atoms with Gasteiger partial charge in [-0.1, -0.05) is 12.1 Å². The number of aromatic nitrogens is 2. The number of hydrogen-bond donors (Lipinski definition) is 1. The summed E-state index contributed by atoms with van der Waals surface area (Å²) in [5.74, 6) is 1.50. The van der Waals surface area contributed by atoms with E-state index in [1.807, 2.05) is 45.2 Å². The molecule has 0 saturated heterocycles. The molecular weight excluding hydrogens is 252 g/mol. The maximum Gasteiger partial charge on any atom is 0.221 e. The van der Waals surface area contributed by atoms with Gasteiger partial charge in [-0.05, 0) is 31.5 Å². The Morgan fingerprint density at radius 1 is 1.30 bits per heavy atom. The summed E-state index contributed by atoms with van der Waals surface area (Å²) in [5.41, 5.74) is 8.66. The molecule has 0 amide bonds. The number of anilines is 2. The summed E-state index contributed by atoms with van der Waals surface area (Å²) in [7, 11) is 1.99. The highest BCUT2D eigenvalue weighted by Gasteiger charge is 2.12. The molecule has 106 valence electrons. The molecule has 0 bridgehead atoms. The lowest BCUT2D eigenvalue weighted by Gasteiger charge is -2.21. The van der Waals surface area contributed by atoms with Gasteiger partial charge < -0.3 is 15.4 Å². The van der Waals surface area contributed by atoms with Gasteiger partial charge in [-0.15, -0.1) is 0 Å². The summed E-state index contributed by atoms with van der Waals surface area (Å²) in [5, 5.41) is 0. The van der Waals surface area contributed by atoms with E-state index in [0.717, 1.165) is 29.2 Å². The van der Waals surface area contributed by atoms with Gasteiger partial charge >= 0.3 is 0 Å². The third-order valence-electron chi connectivity index (χ3n) is 3.02. The van der Waals surface area contributed by atoms with Gasteiger partial charge in [0.2, 0.25) is 5.88 Å². The maximum absolute atomic E-state index is 5.80. The Morgan fingerprint density at radius 3 is 2.80 bits per heavy atom. The maximum atomic E-state index is 5.80. The van der Waals surface area contributed by atoms with Gasteiger partial charge in [-0.25, -0.2) is 9.97 Å². The van der Waals surface area contributed by atoms with Crippen molar-refractivity contribution in [3.63, 3.8) is 0 Å². The van der Waals surface area contributed by atoms with Crippen molar-refractivity contribution >= 4 is 11.5 Å². The first-order valence-electron chi connectivity index (χ1n) is 6.61. The molecule has 0 fully saturated rings. The minimum Gasteiger partial charge on any atom is -0.478 e. The minimum atomic E-state index is 0.593. The van der Waals surface area contributed by atoms with Crippen molar-refractivity contribution in [3.8, 4) is 5.88 Å². The van der Waals surface area contributed by atoms with Gasteiger partial charge in [-0.3, -0.25) is 0 Å². The summed E-state index contributed by atoms with van der Waals surface area (Å²) in [6.45, 7) is 5.23. The highest BCUT2D eigenvalue weighted by Crippen LogP contribution is 2.24. The van der Waals surface area contributed by atoms with Crippen molar-refractivity contribution in [2.75, 3.05) is 24.3 Å². The minimum absolute atomic E-state index is 0.593. The van der Waals surface area contributed by atoms with Crippen LogP contribution in [-0.4, -0.2) is 23.6 Å². The first kappa shape index (κ1) is 14.1. The van der Waals surface area contributed by atoms with Crippen LogP contribution in [0.5, 0.6) is 5.88 Å². The number of nitrogens with two attached hydrogens (primary N) is 1. The zero-order valence-electron chi connectivity index (χ0n) is 12.1. The second-order valence-electron chi connectivity index (χ2n) is 4.66. The third-order valence-corrected chi connectivity index (χ3v) is 3.02. The van der Waals surface area contributed by atoms with E-state index in [1.165, 1.54) is 6.33 Å². The van der Waals surface area contributed by atoms with Gasteiger partial charge in [0, 0.05) is 19.3 Å². The van der Waals surface area contributed by atoms with Gasteiger partial charge in [0.15, 0.2) is 0 Å². The molecule has 1 heterocycles. The van der Waals surface area contributed by atoms with Gasteiger partial charge in [-0.2, -0.15) is 0 Å². The molecule has 0 aliphatic heterocycles. The smallest absolute Gasteiger partial charge is 0.221 e. The van der Waals surface area contributed by atoms with E-state index >= 15 is 0 Å². The Balaban J connectivity index is 2.21. The molecule has 0 aliphatic carbocycles. The molecule has 0 radical (unpaired) electrons. The van der Waals surface area contributed by atoms with Crippen molar-refractivity contribution < 1.29 is 4.74 Å². The third kappa shape index (κ3) is 3.17. The fourth-order valence-corrected chi connectivity index (χ4v) is 2.13. The van der Waals surface area contributed by atoms with Crippen molar-refractivity contribution in [2.45, 2.75) is 20.4 Å². The molecule has 1 aromatic carbocycles. The van der Waals surface area contributed by atoms with Crippen LogP contribution in [0.4, 0.5) is 11.5 Å². The monoisotopic (exact) mass is 272 g/mol. The molecular formula is C15H20N4O. The lowest BCUT2D eigenvalue weighted by atomic mass is 10.2. The number of rotatable bonds is 5. The SMILES string of the molecule is CCOc1ncnc(N(C)Cc2cccc(N)c2)c1C.